The highest BCUT2D eigenvalue weighted by Gasteiger charge is 2.04. The molecule has 2 aromatic rings. The molecule has 0 bridgehead atoms. The second kappa shape index (κ2) is 3.52. The number of nitrogen functional groups attached to an aromatic ring is 1. The lowest BCUT2D eigenvalue weighted by molar-refractivity contribution is 1.52. The van der Waals surface area contributed by atoms with Crippen LogP contribution in [-0.4, -0.2) is 0 Å². The first kappa shape index (κ1) is 8.79. The number of nitrogens with two attached hydrogens (primary N) is 1. The normalized spacial score (nSPS) is 9.64. The smallest absolute Gasteiger partial charge is 0.110 e. The molecule has 2 rings (SSSR count). The minimum atomic E-state index is 0.711. The lowest BCUT2D eigenvalue weighted by Gasteiger charge is -2.00. The molecule has 0 aliphatic carbocycles. The van der Waals surface area contributed by atoms with Crippen LogP contribution in [0.2, 0.25) is 0 Å². The summed E-state index contributed by atoms with van der Waals surface area (Å²) < 4.78 is 0. The Labute approximate surface area is 86.2 Å². The molecule has 0 aliphatic heterocycles. The summed E-state index contributed by atoms with van der Waals surface area (Å²) in [6.07, 6.45) is 0. The summed E-state index contributed by atoms with van der Waals surface area (Å²) in [6.45, 7) is 0. The van der Waals surface area contributed by atoms with E-state index in [2.05, 4.69) is 6.07 Å². The highest BCUT2D eigenvalue weighted by atomic mass is 32.1. The molecule has 1 aromatic carbocycles. The van der Waals surface area contributed by atoms with Gasteiger partial charge in [-0.1, -0.05) is 18.2 Å². The summed E-state index contributed by atoms with van der Waals surface area (Å²) in [7, 11) is 0. The van der Waals surface area contributed by atoms with Crippen LogP contribution in [-0.2, 0) is 0 Å². The highest BCUT2D eigenvalue weighted by molar-refractivity contribution is 7.16. The first-order chi connectivity index (χ1) is 6.81. The first-order valence-electron chi connectivity index (χ1n) is 4.16. The van der Waals surface area contributed by atoms with Gasteiger partial charge in [-0.3, -0.25) is 0 Å². The third-order valence-corrected chi connectivity index (χ3v) is 2.97. The number of nitriles is 1. The molecule has 0 spiro atoms. The molecule has 0 unspecified atom stereocenters. The van der Waals surface area contributed by atoms with Gasteiger partial charge < -0.3 is 5.73 Å². The fraction of sp³-hybridized carbons (Fsp3) is 0. The standard InChI is InChI=1S/C11H8N2S/c12-7-8-5-6-11(14-8)9-3-1-2-4-10(9)13/h1-6H,13H2. The second-order valence-corrected chi connectivity index (χ2v) is 3.95. The van der Waals surface area contributed by atoms with Gasteiger partial charge in [0.1, 0.15) is 10.9 Å². The summed E-state index contributed by atoms with van der Waals surface area (Å²) in [5.41, 5.74) is 7.58. The number of rotatable bonds is 1. The lowest BCUT2D eigenvalue weighted by atomic mass is 10.1. The van der Waals surface area contributed by atoms with Gasteiger partial charge in [0, 0.05) is 16.1 Å². The Bertz CT molecular complexity index is 494. The average Bonchev–Trinajstić information content (AvgIpc) is 2.67. The number of para-hydroxylation sites is 1. The molecule has 0 aliphatic rings. The third kappa shape index (κ3) is 1.48. The van der Waals surface area contributed by atoms with E-state index in [0.717, 1.165) is 16.1 Å². The molecular weight excluding hydrogens is 192 g/mol. The minimum Gasteiger partial charge on any atom is -0.398 e. The van der Waals surface area contributed by atoms with Crippen molar-refractivity contribution in [2.24, 2.45) is 0 Å². The Morgan fingerprint density at radius 2 is 1.93 bits per heavy atom. The molecule has 3 heteroatoms. The van der Waals surface area contributed by atoms with Crippen LogP contribution >= 0.6 is 11.3 Å². The Morgan fingerprint density at radius 3 is 2.57 bits per heavy atom. The minimum absolute atomic E-state index is 0.711. The summed E-state index contributed by atoms with van der Waals surface area (Å²) in [4.78, 5) is 1.75. The van der Waals surface area contributed by atoms with Crippen LogP contribution in [0.15, 0.2) is 36.4 Å². The first-order valence-corrected chi connectivity index (χ1v) is 4.98. The van der Waals surface area contributed by atoms with Crippen molar-refractivity contribution in [3.63, 3.8) is 0 Å². The molecule has 2 nitrogen and oxygen atoms in total. The number of hydrogen-bond donors (Lipinski definition) is 1. The topological polar surface area (TPSA) is 49.8 Å². The zero-order valence-electron chi connectivity index (χ0n) is 7.40. The molecule has 68 valence electrons. The molecule has 0 amide bonds. The Hall–Kier alpha value is -1.79. The maximum absolute atomic E-state index is 8.70. The van der Waals surface area contributed by atoms with E-state index in [1.807, 2.05) is 36.4 Å². The van der Waals surface area contributed by atoms with Crippen LogP contribution in [0.4, 0.5) is 5.69 Å². The quantitative estimate of drug-likeness (QED) is 0.719. The molecule has 14 heavy (non-hydrogen) atoms. The van der Waals surface area contributed by atoms with Crippen molar-refractivity contribution in [2.45, 2.75) is 0 Å². The SMILES string of the molecule is N#Cc1ccc(-c2ccccc2N)s1. The average molecular weight is 200 g/mol. The number of nitrogens with zero attached hydrogens (tertiary/aromatic N) is 1. The van der Waals surface area contributed by atoms with Crippen molar-refractivity contribution in [1.82, 2.24) is 0 Å². The largest absolute Gasteiger partial charge is 0.398 e. The molecule has 2 N–H and O–H groups in total. The Morgan fingerprint density at radius 1 is 1.14 bits per heavy atom. The van der Waals surface area contributed by atoms with Crippen LogP contribution in [0.3, 0.4) is 0 Å². The summed E-state index contributed by atoms with van der Waals surface area (Å²) in [5, 5.41) is 8.70. The van der Waals surface area contributed by atoms with E-state index in [1.165, 1.54) is 11.3 Å². The van der Waals surface area contributed by atoms with E-state index in [4.69, 9.17) is 11.0 Å². The van der Waals surface area contributed by atoms with Crippen LogP contribution in [0.5, 0.6) is 0 Å². The molecule has 0 atom stereocenters. The van der Waals surface area contributed by atoms with Crippen LogP contribution < -0.4 is 5.73 Å². The van der Waals surface area contributed by atoms with Crippen molar-refractivity contribution in [3.05, 3.63) is 41.3 Å². The molecule has 0 fully saturated rings. The third-order valence-electron chi connectivity index (χ3n) is 1.94. The van der Waals surface area contributed by atoms with Gasteiger partial charge in [0.05, 0.1) is 0 Å². The van der Waals surface area contributed by atoms with Gasteiger partial charge in [0.2, 0.25) is 0 Å². The van der Waals surface area contributed by atoms with Crippen molar-refractivity contribution < 1.29 is 0 Å². The maximum Gasteiger partial charge on any atom is 0.110 e. The summed E-state index contributed by atoms with van der Waals surface area (Å²) in [6, 6.07) is 13.5. The zero-order chi connectivity index (χ0) is 9.97. The zero-order valence-corrected chi connectivity index (χ0v) is 8.21. The number of anilines is 1. The van der Waals surface area contributed by atoms with E-state index < -0.39 is 0 Å². The summed E-state index contributed by atoms with van der Waals surface area (Å²) in [5.74, 6) is 0. The molecule has 0 saturated heterocycles. The van der Waals surface area contributed by atoms with Gasteiger partial charge in [-0.15, -0.1) is 11.3 Å². The van der Waals surface area contributed by atoms with E-state index in [9.17, 15) is 0 Å². The maximum atomic E-state index is 8.70. The molecule has 1 heterocycles. The highest BCUT2D eigenvalue weighted by Crippen LogP contribution is 2.31. The number of hydrogen-bond acceptors (Lipinski definition) is 3. The monoisotopic (exact) mass is 200 g/mol. The van der Waals surface area contributed by atoms with Crippen LogP contribution in [0.25, 0.3) is 10.4 Å². The van der Waals surface area contributed by atoms with E-state index in [0.29, 0.717) is 4.88 Å². The fourth-order valence-electron chi connectivity index (χ4n) is 1.26. The van der Waals surface area contributed by atoms with Gasteiger partial charge in [-0.25, -0.2) is 0 Å². The molecular formula is C11H8N2S. The van der Waals surface area contributed by atoms with Crippen LogP contribution in [0.1, 0.15) is 4.88 Å². The molecule has 0 radical (unpaired) electrons. The van der Waals surface area contributed by atoms with E-state index >= 15 is 0 Å². The van der Waals surface area contributed by atoms with Gasteiger partial charge in [0.15, 0.2) is 0 Å². The fourth-order valence-corrected chi connectivity index (χ4v) is 2.11. The van der Waals surface area contributed by atoms with E-state index in [1.54, 1.807) is 0 Å². The number of benzene rings is 1. The predicted octanol–water partition coefficient (Wildman–Crippen LogP) is 2.87. The Kier molecular flexibility index (Phi) is 2.21. The predicted molar refractivity (Wildman–Crippen MR) is 58.9 cm³/mol. The van der Waals surface area contributed by atoms with Crippen LogP contribution in [0, 0.1) is 11.3 Å². The van der Waals surface area contributed by atoms with E-state index in [-0.39, 0.29) is 0 Å². The van der Waals surface area contributed by atoms with Gasteiger partial charge in [-0.05, 0) is 18.2 Å². The number of thiophene rings is 1. The Balaban J connectivity index is 2.51. The van der Waals surface area contributed by atoms with Crippen molar-refractivity contribution in [2.75, 3.05) is 5.73 Å². The van der Waals surface area contributed by atoms with Gasteiger partial charge in [-0.2, -0.15) is 5.26 Å². The second-order valence-electron chi connectivity index (χ2n) is 2.86. The summed E-state index contributed by atoms with van der Waals surface area (Å²) >= 11 is 1.46. The molecule has 0 saturated carbocycles. The lowest BCUT2D eigenvalue weighted by Crippen LogP contribution is -1.86. The van der Waals surface area contributed by atoms with Crippen molar-refractivity contribution >= 4 is 17.0 Å². The molecule has 1 aromatic heterocycles. The van der Waals surface area contributed by atoms with Crippen molar-refractivity contribution in [1.29, 1.82) is 5.26 Å². The van der Waals surface area contributed by atoms with Gasteiger partial charge >= 0.3 is 0 Å². The van der Waals surface area contributed by atoms with Crippen molar-refractivity contribution in [3.8, 4) is 16.5 Å². The van der Waals surface area contributed by atoms with Gasteiger partial charge in [0.25, 0.3) is 0 Å².